The first kappa shape index (κ1) is 15.0. The summed E-state index contributed by atoms with van der Waals surface area (Å²) in [5.41, 5.74) is 0.568. The number of methoxy groups -OCH3 is 1. The third-order valence-corrected chi connectivity index (χ3v) is 4.07. The Morgan fingerprint density at radius 3 is 2.10 bits per heavy atom. The lowest BCUT2D eigenvalue weighted by Crippen LogP contribution is -1.98. The lowest BCUT2D eigenvalue weighted by Gasteiger charge is -2.15. The molecule has 0 saturated carbocycles. The van der Waals surface area contributed by atoms with E-state index in [2.05, 4.69) is 5.09 Å². The Balaban J connectivity index is 2.06. The third kappa shape index (κ3) is 4.34. The molecule has 0 heterocycles. The van der Waals surface area contributed by atoms with Crippen LogP contribution in [0.5, 0.6) is 11.5 Å². The highest BCUT2D eigenvalue weighted by Gasteiger charge is 2.21. The predicted molar refractivity (Wildman–Crippen MR) is 82.2 cm³/mol. The molecule has 0 spiro atoms. The van der Waals surface area contributed by atoms with E-state index in [0.717, 1.165) is 0 Å². The molecule has 1 N–H and O–H groups in total. The first-order chi connectivity index (χ1) is 9.48. The van der Waals surface area contributed by atoms with Gasteiger partial charge in [0.15, 0.2) is 0 Å². The van der Waals surface area contributed by atoms with Crippen LogP contribution in [0, 0.1) is 0 Å². The summed E-state index contributed by atoms with van der Waals surface area (Å²) in [6, 6.07) is 13.3. The van der Waals surface area contributed by atoms with Gasteiger partial charge in [-0.3, -0.25) is 5.09 Å². The minimum atomic E-state index is -3.54. The molecule has 0 radical (unpaired) electrons. The Morgan fingerprint density at radius 1 is 1.00 bits per heavy atom. The van der Waals surface area contributed by atoms with Gasteiger partial charge in [-0.2, -0.15) is 0 Å². The van der Waals surface area contributed by atoms with E-state index in [1.807, 2.05) is 0 Å². The van der Waals surface area contributed by atoms with Crippen molar-refractivity contribution in [2.75, 3.05) is 12.2 Å². The topological polar surface area (TPSA) is 47.6 Å². The lowest BCUT2D eigenvalue weighted by atomic mass is 10.3. The molecule has 0 aromatic heterocycles. The van der Waals surface area contributed by atoms with E-state index >= 15 is 0 Å². The number of benzene rings is 2. The van der Waals surface area contributed by atoms with Crippen LogP contribution in [0.2, 0.25) is 5.02 Å². The Labute approximate surface area is 126 Å². The quantitative estimate of drug-likeness (QED) is 0.766. The first-order valence-electron chi connectivity index (χ1n) is 5.66. The number of hydrogen-bond acceptors (Lipinski definition) is 3. The minimum Gasteiger partial charge on any atom is -0.497 e. The highest BCUT2D eigenvalue weighted by molar-refractivity contribution is 7.86. The monoisotopic (exact) mass is 331 g/mol. The average molecular weight is 332 g/mol. The van der Waals surface area contributed by atoms with Crippen LogP contribution in [-0.2, 0) is 4.57 Å². The second-order valence-electron chi connectivity index (χ2n) is 3.87. The zero-order valence-corrected chi connectivity index (χ0v) is 13.0. The van der Waals surface area contributed by atoms with Crippen LogP contribution < -0.4 is 14.3 Å². The number of hydrogen-bond donors (Lipinski definition) is 1. The van der Waals surface area contributed by atoms with Crippen LogP contribution in [-0.4, -0.2) is 7.11 Å². The molecule has 0 fully saturated rings. The lowest BCUT2D eigenvalue weighted by molar-refractivity contribution is 0.415. The van der Waals surface area contributed by atoms with Crippen LogP contribution in [0.15, 0.2) is 48.5 Å². The zero-order chi connectivity index (χ0) is 14.6. The molecule has 106 valence electrons. The molecule has 20 heavy (non-hydrogen) atoms. The number of rotatable bonds is 5. The summed E-state index contributed by atoms with van der Waals surface area (Å²) in [6.45, 7) is -3.54. The van der Waals surface area contributed by atoms with Crippen molar-refractivity contribution in [3.63, 3.8) is 0 Å². The van der Waals surface area contributed by atoms with Crippen molar-refractivity contribution in [1.29, 1.82) is 0 Å². The second-order valence-corrected chi connectivity index (χ2v) is 7.00. The standard InChI is InChI=1S/C13H12Cl2NO3P/c1-18-12-8-4-11(5-9-12)16-20(15,17)19-13-6-2-10(14)3-7-13/h2-9H,1H3,(H,16,17). The molecule has 0 aliphatic carbocycles. The molecular weight excluding hydrogens is 320 g/mol. The minimum absolute atomic E-state index is 0.369. The molecule has 1 unspecified atom stereocenters. The Kier molecular flexibility index (Phi) is 4.81. The van der Waals surface area contributed by atoms with E-state index in [4.69, 9.17) is 32.1 Å². The Morgan fingerprint density at radius 2 is 1.55 bits per heavy atom. The van der Waals surface area contributed by atoms with Crippen molar-refractivity contribution < 1.29 is 13.8 Å². The van der Waals surface area contributed by atoms with Crippen molar-refractivity contribution in [3.8, 4) is 11.5 Å². The number of ether oxygens (including phenoxy) is 1. The molecular formula is C13H12Cl2NO3P. The predicted octanol–water partition coefficient (Wildman–Crippen LogP) is 5.19. The fourth-order valence-electron chi connectivity index (χ4n) is 1.47. The summed E-state index contributed by atoms with van der Waals surface area (Å²) in [4.78, 5) is 0. The largest absolute Gasteiger partial charge is 0.497 e. The van der Waals surface area contributed by atoms with Crippen LogP contribution in [0.1, 0.15) is 0 Å². The molecule has 0 saturated heterocycles. The molecule has 7 heteroatoms. The molecule has 2 rings (SSSR count). The van der Waals surface area contributed by atoms with Gasteiger partial charge in [0.2, 0.25) is 0 Å². The van der Waals surface area contributed by atoms with Crippen LogP contribution in [0.3, 0.4) is 0 Å². The number of anilines is 1. The molecule has 1 atom stereocenters. The van der Waals surface area contributed by atoms with E-state index in [-0.39, 0.29) is 0 Å². The molecule has 0 amide bonds. The second kappa shape index (κ2) is 6.40. The molecule has 2 aromatic rings. The van der Waals surface area contributed by atoms with Crippen molar-refractivity contribution in [2.45, 2.75) is 0 Å². The highest BCUT2D eigenvalue weighted by atomic mass is 35.7. The van der Waals surface area contributed by atoms with Gasteiger partial charge in [0.1, 0.15) is 11.5 Å². The van der Waals surface area contributed by atoms with E-state index in [9.17, 15) is 4.57 Å². The fourth-order valence-corrected chi connectivity index (χ4v) is 3.03. The van der Waals surface area contributed by atoms with Gasteiger partial charge in [0.25, 0.3) is 0 Å². The molecule has 0 aliphatic rings. The maximum atomic E-state index is 12.2. The van der Waals surface area contributed by atoms with Gasteiger partial charge >= 0.3 is 6.87 Å². The summed E-state index contributed by atoms with van der Waals surface area (Å²) in [7, 11) is 1.57. The normalized spacial score (nSPS) is 13.3. The zero-order valence-electron chi connectivity index (χ0n) is 10.5. The van der Waals surface area contributed by atoms with Crippen LogP contribution >= 0.6 is 29.7 Å². The van der Waals surface area contributed by atoms with Gasteiger partial charge in [0.05, 0.1) is 7.11 Å². The van der Waals surface area contributed by atoms with E-state index in [1.165, 1.54) is 0 Å². The SMILES string of the molecule is COc1ccc(NP(=O)(Cl)Oc2ccc(Cl)cc2)cc1. The Bertz CT molecular complexity index is 617. The fraction of sp³-hybridized carbons (Fsp3) is 0.0769. The van der Waals surface area contributed by atoms with E-state index in [0.29, 0.717) is 22.2 Å². The van der Waals surface area contributed by atoms with Crippen molar-refractivity contribution in [3.05, 3.63) is 53.6 Å². The van der Waals surface area contributed by atoms with Gasteiger partial charge in [-0.25, -0.2) is 4.57 Å². The molecule has 0 bridgehead atoms. The smallest absolute Gasteiger partial charge is 0.435 e. The summed E-state index contributed by atoms with van der Waals surface area (Å²) in [5.74, 6) is 1.06. The molecule has 2 aromatic carbocycles. The van der Waals surface area contributed by atoms with Gasteiger partial charge in [-0.15, -0.1) is 0 Å². The van der Waals surface area contributed by atoms with Crippen molar-refractivity contribution >= 4 is 35.4 Å². The maximum absolute atomic E-state index is 12.2. The van der Waals surface area contributed by atoms with Gasteiger partial charge < -0.3 is 9.26 Å². The van der Waals surface area contributed by atoms with Gasteiger partial charge in [0, 0.05) is 22.0 Å². The maximum Gasteiger partial charge on any atom is 0.435 e. The van der Waals surface area contributed by atoms with Gasteiger partial charge in [-0.1, -0.05) is 11.6 Å². The summed E-state index contributed by atoms with van der Waals surface area (Å²) in [5, 5.41) is 3.20. The average Bonchev–Trinajstić information content (AvgIpc) is 2.41. The van der Waals surface area contributed by atoms with Crippen LogP contribution in [0.4, 0.5) is 5.69 Å². The summed E-state index contributed by atoms with van der Waals surface area (Å²) in [6.07, 6.45) is 0. The third-order valence-electron chi connectivity index (χ3n) is 2.39. The van der Waals surface area contributed by atoms with E-state index in [1.54, 1.807) is 55.6 Å². The molecule has 4 nitrogen and oxygen atoms in total. The van der Waals surface area contributed by atoms with E-state index < -0.39 is 6.87 Å². The summed E-state index contributed by atoms with van der Waals surface area (Å²) >= 11 is 11.6. The highest BCUT2D eigenvalue weighted by Crippen LogP contribution is 2.51. The van der Waals surface area contributed by atoms with Crippen molar-refractivity contribution in [1.82, 2.24) is 0 Å². The summed E-state index contributed by atoms with van der Waals surface area (Å²) < 4.78 is 22.4. The first-order valence-corrected chi connectivity index (χ1v) is 8.56. The van der Waals surface area contributed by atoms with Crippen molar-refractivity contribution in [2.24, 2.45) is 0 Å². The van der Waals surface area contributed by atoms with Gasteiger partial charge in [-0.05, 0) is 48.5 Å². The Hall–Kier alpha value is -1.35. The number of nitrogens with one attached hydrogen (secondary N) is 1. The number of halogens is 2. The van der Waals surface area contributed by atoms with Crippen LogP contribution in [0.25, 0.3) is 0 Å². The molecule has 0 aliphatic heterocycles.